The molecule has 0 saturated heterocycles. The second-order valence-electron chi connectivity index (χ2n) is 4.28. The van der Waals surface area contributed by atoms with E-state index in [0.29, 0.717) is 18.8 Å². The molecule has 19 heavy (non-hydrogen) atoms. The van der Waals surface area contributed by atoms with Gasteiger partial charge in [-0.15, -0.1) is 0 Å². The Kier molecular flexibility index (Phi) is 4.79. The number of amides is 1. The number of nitrogens with one attached hydrogen (secondary N) is 2. The maximum absolute atomic E-state index is 11.8. The molecular formula is C13H17BrN2O3. The van der Waals surface area contributed by atoms with Gasteiger partial charge in [0.1, 0.15) is 11.8 Å². The van der Waals surface area contributed by atoms with Crippen LogP contribution in [0.2, 0.25) is 0 Å². The Morgan fingerprint density at radius 3 is 3.00 bits per heavy atom. The van der Waals surface area contributed by atoms with E-state index in [2.05, 4.69) is 26.6 Å². The van der Waals surface area contributed by atoms with Crippen molar-refractivity contribution in [2.75, 3.05) is 25.1 Å². The van der Waals surface area contributed by atoms with E-state index >= 15 is 0 Å². The van der Waals surface area contributed by atoms with Crippen molar-refractivity contribution in [3.8, 4) is 5.75 Å². The predicted molar refractivity (Wildman–Crippen MR) is 76.4 cm³/mol. The minimum atomic E-state index is -0.303. The minimum Gasteiger partial charge on any atom is -0.492 e. The summed E-state index contributed by atoms with van der Waals surface area (Å²) in [4.78, 5) is 11.8. The molecule has 1 aliphatic heterocycles. The van der Waals surface area contributed by atoms with Gasteiger partial charge in [0.25, 0.3) is 0 Å². The fourth-order valence-electron chi connectivity index (χ4n) is 2.03. The summed E-state index contributed by atoms with van der Waals surface area (Å²) in [7, 11) is 0. The molecule has 104 valence electrons. The van der Waals surface area contributed by atoms with Crippen molar-refractivity contribution in [3.05, 3.63) is 22.2 Å². The molecule has 1 amide bonds. The van der Waals surface area contributed by atoms with E-state index in [1.807, 2.05) is 19.1 Å². The van der Waals surface area contributed by atoms with Crippen LogP contribution in [-0.4, -0.2) is 30.8 Å². The maximum Gasteiger partial charge on any atom is 0.246 e. The standard InChI is InChI=1S/C13H17BrN2O3/c1-2-15-12-8-6-9(14)11(19-5-3-4-17)7-10(8)16-13(12)18/h6-7,12,15,17H,2-5H2,1H3,(H,16,18). The van der Waals surface area contributed by atoms with Gasteiger partial charge < -0.3 is 20.5 Å². The van der Waals surface area contributed by atoms with Crippen molar-refractivity contribution < 1.29 is 14.6 Å². The van der Waals surface area contributed by atoms with Crippen molar-refractivity contribution in [2.24, 2.45) is 0 Å². The van der Waals surface area contributed by atoms with Crippen LogP contribution in [0, 0.1) is 0 Å². The zero-order chi connectivity index (χ0) is 13.8. The molecule has 1 atom stereocenters. The fourth-order valence-corrected chi connectivity index (χ4v) is 2.50. The molecule has 1 unspecified atom stereocenters. The third-order valence-electron chi connectivity index (χ3n) is 2.90. The molecule has 0 bridgehead atoms. The normalized spacial score (nSPS) is 17.2. The number of rotatable bonds is 6. The van der Waals surface area contributed by atoms with Gasteiger partial charge in [0.15, 0.2) is 0 Å². The van der Waals surface area contributed by atoms with E-state index in [-0.39, 0.29) is 18.6 Å². The lowest BCUT2D eigenvalue weighted by Crippen LogP contribution is -2.27. The summed E-state index contributed by atoms with van der Waals surface area (Å²) in [6, 6.07) is 3.41. The number of fused-ring (bicyclic) bond motifs is 1. The number of anilines is 1. The first-order valence-corrected chi connectivity index (χ1v) is 7.08. The minimum absolute atomic E-state index is 0.0451. The quantitative estimate of drug-likeness (QED) is 0.696. The number of carbonyl (C=O) groups is 1. The first-order valence-electron chi connectivity index (χ1n) is 6.28. The van der Waals surface area contributed by atoms with E-state index in [0.717, 1.165) is 22.3 Å². The van der Waals surface area contributed by atoms with E-state index in [9.17, 15) is 4.79 Å². The van der Waals surface area contributed by atoms with Gasteiger partial charge in [-0.2, -0.15) is 0 Å². The third-order valence-corrected chi connectivity index (χ3v) is 3.52. The lowest BCUT2D eigenvalue weighted by atomic mass is 10.1. The first kappa shape index (κ1) is 14.3. The van der Waals surface area contributed by atoms with Gasteiger partial charge in [0, 0.05) is 30.3 Å². The van der Waals surface area contributed by atoms with Gasteiger partial charge in [0.2, 0.25) is 5.91 Å². The van der Waals surface area contributed by atoms with Crippen LogP contribution in [0.25, 0.3) is 0 Å². The van der Waals surface area contributed by atoms with Crippen molar-refractivity contribution in [1.29, 1.82) is 0 Å². The van der Waals surface area contributed by atoms with Crippen LogP contribution in [0.4, 0.5) is 5.69 Å². The molecule has 2 rings (SSSR count). The van der Waals surface area contributed by atoms with E-state index < -0.39 is 0 Å². The van der Waals surface area contributed by atoms with E-state index in [1.165, 1.54) is 0 Å². The third kappa shape index (κ3) is 3.08. The molecular weight excluding hydrogens is 312 g/mol. The molecule has 0 spiro atoms. The summed E-state index contributed by atoms with van der Waals surface area (Å²) in [6.07, 6.45) is 0.579. The number of benzene rings is 1. The van der Waals surface area contributed by atoms with Gasteiger partial charge in [-0.1, -0.05) is 6.92 Å². The van der Waals surface area contributed by atoms with Gasteiger partial charge in [-0.3, -0.25) is 4.79 Å². The van der Waals surface area contributed by atoms with Crippen molar-refractivity contribution in [2.45, 2.75) is 19.4 Å². The Balaban J connectivity index is 2.20. The highest BCUT2D eigenvalue weighted by molar-refractivity contribution is 9.10. The molecule has 0 aromatic heterocycles. The predicted octanol–water partition coefficient (Wildman–Crippen LogP) is 1.81. The summed E-state index contributed by atoms with van der Waals surface area (Å²) in [5.74, 6) is 0.626. The summed E-state index contributed by atoms with van der Waals surface area (Å²) >= 11 is 3.45. The van der Waals surface area contributed by atoms with Crippen LogP contribution < -0.4 is 15.4 Å². The van der Waals surface area contributed by atoms with Gasteiger partial charge in [-0.05, 0) is 28.5 Å². The van der Waals surface area contributed by atoms with Crippen LogP contribution in [0.5, 0.6) is 5.75 Å². The van der Waals surface area contributed by atoms with Crippen molar-refractivity contribution in [3.63, 3.8) is 0 Å². The molecule has 1 aliphatic rings. The zero-order valence-electron chi connectivity index (χ0n) is 10.7. The van der Waals surface area contributed by atoms with Crippen LogP contribution in [-0.2, 0) is 4.79 Å². The summed E-state index contributed by atoms with van der Waals surface area (Å²) < 4.78 is 6.36. The second-order valence-corrected chi connectivity index (χ2v) is 5.13. The van der Waals surface area contributed by atoms with Gasteiger partial charge in [0.05, 0.1) is 11.1 Å². The number of hydrogen-bond donors (Lipinski definition) is 3. The van der Waals surface area contributed by atoms with Gasteiger partial charge in [-0.25, -0.2) is 0 Å². The Labute approximate surface area is 120 Å². The second kappa shape index (κ2) is 6.36. The molecule has 3 N–H and O–H groups in total. The first-order chi connectivity index (χ1) is 9.17. The lowest BCUT2D eigenvalue weighted by Gasteiger charge is -2.12. The zero-order valence-corrected chi connectivity index (χ0v) is 12.3. The molecule has 6 heteroatoms. The molecule has 1 aromatic rings. The van der Waals surface area contributed by atoms with Crippen LogP contribution in [0.3, 0.4) is 0 Å². The van der Waals surface area contributed by atoms with Gasteiger partial charge >= 0.3 is 0 Å². The molecule has 5 nitrogen and oxygen atoms in total. The number of halogens is 1. The van der Waals surface area contributed by atoms with Crippen LogP contribution >= 0.6 is 15.9 Å². The summed E-state index contributed by atoms with van der Waals surface area (Å²) in [6.45, 7) is 3.23. The SMILES string of the molecule is CCNC1C(=O)Nc2cc(OCCCO)c(Br)cc21. The topological polar surface area (TPSA) is 70.6 Å². The van der Waals surface area contributed by atoms with Crippen LogP contribution in [0.15, 0.2) is 16.6 Å². The number of ether oxygens (including phenoxy) is 1. The largest absolute Gasteiger partial charge is 0.492 e. The smallest absolute Gasteiger partial charge is 0.246 e. The molecule has 0 radical (unpaired) electrons. The van der Waals surface area contributed by atoms with E-state index in [1.54, 1.807) is 0 Å². The average Bonchev–Trinajstić information content (AvgIpc) is 2.67. The van der Waals surface area contributed by atoms with Crippen molar-refractivity contribution in [1.82, 2.24) is 5.32 Å². The molecule has 0 fully saturated rings. The Bertz CT molecular complexity index is 479. The Morgan fingerprint density at radius 1 is 1.53 bits per heavy atom. The maximum atomic E-state index is 11.8. The van der Waals surface area contributed by atoms with Crippen molar-refractivity contribution >= 4 is 27.5 Å². The van der Waals surface area contributed by atoms with Crippen LogP contribution in [0.1, 0.15) is 24.9 Å². The number of aliphatic hydroxyl groups is 1. The number of aliphatic hydroxyl groups excluding tert-OH is 1. The Hall–Kier alpha value is -1.11. The van der Waals surface area contributed by atoms with E-state index in [4.69, 9.17) is 9.84 Å². The summed E-state index contributed by atoms with van der Waals surface area (Å²) in [5, 5.41) is 14.7. The number of carbonyl (C=O) groups excluding carboxylic acids is 1. The monoisotopic (exact) mass is 328 g/mol. The molecule has 0 saturated carbocycles. The molecule has 1 aromatic carbocycles. The number of hydrogen-bond acceptors (Lipinski definition) is 4. The number of likely N-dealkylation sites (N-methyl/N-ethyl adjacent to an activating group) is 1. The highest BCUT2D eigenvalue weighted by Crippen LogP contribution is 2.38. The highest BCUT2D eigenvalue weighted by atomic mass is 79.9. The Morgan fingerprint density at radius 2 is 2.32 bits per heavy atom. The summed E-state index contributed by atoms with van der Waals surface area (Å²) in [5.41, 5.74) is 1.70. The lowest BCUT2D eigenvalue weighted by molar-refractivity contribution is -0.117. The highest BCUT2D eigenvalue weighted by Gasteiger charge is 2.30. The molecule has 0 aliphatic carbocycles. The fraction of sp³-hybridized carbons (Fsp3) is 0.462. The average molecular weight is 329 g/mol. The molecule has 1 heterocycles.